The van der Waals surface area contributed by atoms with Crippen molar-refractivity contribution in [2.75, 3.05) is 7.05 Å². The summed E-state index contributed by atoms with van der Waals surface area (Å²) in [4.78, 5) is 6.60. The number of nitrogens with zero attached hydrogens (tertiary/aromatic N) is 3. The standard InChI is InChI=1S/C7H11N3/c1-6-3-10-5-9(2)4-7(10)8-6/h3H,4-5H2,1-2H3. The Bertz CT molecular complexity index is 228. The molecule has 0 fully saturated rings. The predicted molar refractivity (Wildman–Crippen MR) is 38.4 cm³/mol. The first-order valence-corrected chi connectivity index (χ1v) is 3.47. The summed E-state index contributed by atoms with van der Waals surface area (Å²) in [5, 5.41) is 0. The van der Waals surface area contributed by atoms with Gasteiger partial charge in [-0.05, 0) is 14.0 Å². The Kier molecular flexibility index (Phi) is 1.08. The number of imidazole rings is 1. The van der Waals surface area contributed by atoms with Crippen LogP contribution in [0.4, 0.5) is 0 Å². The third-order valence-corrected chi connectivity index (χ3v) is 1.78. The van der Waals surface area contributed by atoms with Crippen molar-refractivity contribution in [1.29, 1.82) is 0 Å². The minimum absolute atomic E-state index is 0.994. The molecule has 54 valence electrons. The predicted octanol–water partition coefficient (Wildman–Crippen LogP) is 0.594. The molecule has 3 nitrogen and oxygen atoms in total. The fraction of sp³-hybridized carbons (Fsp3) is 0.571. The van der Waals surface area contributed by atoms with Crippen LogP contribution in [-0.2, 0) is 13.2 Å². The number of aromatic nitrogens is 2. The molecule has 0 radical (unpaired) electrons. The molecule has 1 aliphatic rings. The van der Waals surface area contributed by atoms with Gasteiger partial charge in [-0.2, -0.15) is 0 Å². The Morgan fingerprint density at radius 1 is 1.60 bits per heavy atom. The van der Waals surface area contributed by atoms with Gasteiger partial charge < -0.3 is 4.57 Å². The third kappa shape index (κ3) is 0.743. The zero-order valence-electron chi connectivity index (χ0n) is 6.33. The second-order valence-electron chi connectivity index (χ2n) is 2.92. The maximum atomic E-state index is 4.36. The van der Waals surface area contributed by atoms with E-state index in [1.54, 1.807) is 0 Å². The zero-order valence-corrected chi connectivity index (χ0v) is 6.33. The second-order valence-corrected chi connectivity index (χ2v) is 2.92. The molecule has 0 saturated heterocycles. The van der Waals surface area contributed by atoms with Crippen molar-refractivity contribution in [3.63, 3.8) is 0 Å². The largest absolute Gasteiger partial charge is 0.320 e. The van der Waals surface area contributed by atoms with Gasteiger partial charge in [0, 0.05) is 6.20 Å². The lowest BCUT2D eigenvalue weighted by Gasteiger charge is -2.03. The summed E-state index contributed by atoms with van der Waals surface area (Å²) in [6.07, 6.45) is 2.10. The Hall–Kier alpha value is -0.830. The second kappa shape index (κ2) is 1.83. The number of hydrogen-bond acceptors (Lipinski definition) is 2. The first-order chi connectivity index (χ1) is 4.75. The molecule has 0 bridgehead atoms. The molecule has 3 heteroatoms. The highest BCUT2D eigenvalue weighted by Crippen LogP contribution is 2.12. The lowest BCUT2D eigenvalue weighted by Crippen LogP contribution is -2.10. The number of hydrogen-bond donors (Lipinski definition) is 0. The van der Waals surface area contributed by atoms with Crippen LogP contribution in [0.1, 0.15) is 11.5 Å². The Labute approximate surface area is 60.3 Å². The summed E-state index contributed by atoms with van der Waals surface area (Å²) in [6, 6.07) is 0. The summed E-state index contributed by atoms with van der Waals surface area (Å²) >= 11 is 0. The molecule has 0 aliphatic carbocycles. The molecule has 1 aliphatic heterocycles. The summed E-state index contributed by atoms with van der Waals surface area (Å²) in [5.74, 6) is 1.19. The molecule has 10 heavy (non-hydrogen) atoms. The van der Waals surface area contributed by atoms with Crippen LogP contribution in [-0.4, -0.2) is 21.5 Å². The molecule has 0 unspecified atom stereocenters. The van der Waals surface area contributed by atoms with Gasteiger partial charge >= 0.3 is 0 Å². The van der Waals surface area contributed by atoms with Crippen molar-refractivity contribution < 1.29 is 0 Å². The van der Waals surface area contributed by atoms with Crippen molar-refractivity contribution in [2.24, 2.45) is 0 Å². The van der Waals surface area contributed by atoms with Crippen LogP contribution in [0.3, 0.4) is 0 Å². The van der Waals surface area contributed by atoms with Gasteiger partial charge in [0.1, 0.15) is 5.82 Å². The highest BCUT2D eigenvalue weighted by molar-refractivity contribution is 5.04. The van der Waals surface area contributed by atoms with E-state index >= 15 is 0 Å². The van der Waals surface area contributed by atoms with Crippen LogP contribution < -0.4 is 0 Å². The average molecular weight is 137 g/mol. The van der Waals surface area contributed by atoms with E-state index in [1.165, 1.54) is 5.82 Å². The number of rotatable bonds is 0. The summed E-state index contributed by atoms with van der Waals surface area (Å²) in [5.41, 5.74) is 1.13. The summed E-state index contributed by atoms with van der Waals surface area (Å²) in [7, 11) is 2.10. The van der Waals surface area contributed by atoms with Crippen molar-refractivity contribution in [3.8, 4) is 0 Å². The topological polar surface area (TPSA) is 21.1 Å². The monoisotopic (exact) mass is 137 g/mol. The normalized spacial score (nSPS) is 17.8. The highest BCUT2D eigenvalue weighted by Gasteiger charge is 2.15. The Morgan fingerprint density at radius 3 is 3.10 bits per heavy atom. The summed E-state index contributed by atoms with van der Waals surface area (Å²) in [6.45, 7) is 4.02. The van der Waals surface area contributed by atoms with Crippen molar-refractivity contribution in [3.05, 3.63) is 17.7 Å². The molecule has 1 aromatic heterocycles. The van der Waals surface area contributed by atoms with Gasteiger partial charge in [0.15, 0.2) is 0 Å². The lowest BCUT2D eigenvalue weighted by molar-refractivity contribution is 0.316. The summed E-state index contributed by atoms with van der Waals surface area (Å²) < 4.78 is 2.19. The van der Waals surface area contributed by atoms with Gasteiger partial charge in [-0.1, -0.05) is 0 Å². The molecule has 0 amide bonds. The fourth-order valence-electron chi connectivity index (χ4n) is 1.40. The van der Waals surface area contributed by atoms with Crippen LogP contribution >= 0.6 is 0 Å². The van der Waals surface area contributed by atoms with Crippen LogP contribution in [0.15, 0.2) is 6.20 Å². The van der Waals surface area contributed by atoms with E-state index in [0.717, 1.165) is 18.9 Å². The van der Waals surface area contributed by atoms with E-state index in [4.69, 9.17) is 0 Å². The van der Waals surface area contributed by atoms with E-state index in [1.807, 2.05) is 6.92 Å². The molecular formula is C7H11N3. The van der Waals surface area contributed by atoms with E-state index in [9.17, 15) is 0 Å². The molecule has 0 atom stereocenters. The molecular weight excluding hydrogens is 126 g/mol. The van der Waals surface area contributed by atoms with Gasteiger partial charge in [-0.3, -0.25) is 4.90 Å². The van der Waals surface area contributed by atoms with Gasteiger partial charge in [-0.15, -0.1) is 0 Å². The minimum Gasteiger partial charge on any atom is -0.320 e. The Balaban J connectivity index is 2.39. The first kappa shape index (κ1) is 5.92. The molecule has 0 spiro atoms. The van der Waals surface area contributed by atoms with Crippen molar-refractivity contribution in [2.45, 2.75) is 20.1 Å². The average Bonchev–Trinajstić information content (AvgIpc) is 2.21. The van der Waals surface area contributed by atoms with Gasteiger partial charge in [0.25, 0.3) is 0 Å². The zero-order chi connectivity index (χ0) is 7.14. The molecule has 1 aromatic rings. The van der Waals surface area contributed by atoms with Crippen LogP contribution in [0.5, 0.6) is 0 Å². The van der Waals surface area contributed by atoms with Crippen molar-refractivity contribution in [1.82, 2.24) is 14.5 Å². The van der Waals surface area contributed by atoms with E-state index in [2.05, 4.69) is 27.7 Å². The van der Waals surface area contributed by atoms with Crippen LogP contribution in [0.2, 0.25) is 0 Å². The minimum atomic E-state index is 0.994. The molecule has 0 N–H and O–H groups in total. The smallest absolute Gasteiger partial charge is 0.124 e. The van der Waals surface area contributed by atoms with E-state index < -0.39 is 0 Å². The van der Waals surface area contributed by atoms with Gasteiger partial charge in [0.2, 0.25) is 0 Å². The number of aryl methyl sites for hydroxylation is 1. The molecule has 0 saturated carbocycles. The van der Waals surface area contributed by atoms with Gasteiger partial charge in [0.05, 0.1) is 18.9 Å². The lowest BCUT2D eigenvalue weighted by atomic mass is 10.5. The van der Waals surface area contributed by atoms with E-state index in [-0.39, 0.29) is 0 Å². The SMILES string of the molecule is Cc1cn2c(n1)CN(C)C2. The van der Waals surface area contributed by atoms with Crippen molar-refractivity contribution >= 4 is 0 Å². The molecule has 2 heterocycles. The highest BCUT2D eigenvalue weighted by atomic mass is 15.3. The van der Waals surface area contributed by atoms with Crippen LogP contribution in [0.25, 0.3) is 0 Å². The first-order valence-electron chi connectivity index (χ1n) is 3.47. The maximum Gasteiger partial charge on any atom is 0.124 e. The van der Waals surface area contributed by atoms with Crippen LogP contribution in [0, 0.1) is 6.92 Å². The van der Waals surface area contributed by atoms with Gasteiger partial charge in [-0.25, -0.2) is 4.98 Å². The maximum absolute atomic E-state index is 4.36. The quantitative estimate of drug-likeness (QED) is 0.522. The third-order valence-electron chi connectivity index (χ3n) is 1.78. The molecule has 2 rings (SSSR count). The Morgan fingerprint density at radius 2 is 2.40 bits per heavy atom. The molecule has 0 aromatic carbocycles. The van der Waals surface area contributed by atoms with E-state index in [0.29, 0.717) is 0 Å². The fourth-order valence-corrected chi connectivity index (χ4v) is 1.40. The number of fused-ring (bicyclic) bond motifs is 1.